The van der Waals surface area contributed by atoms with Gasteiger partial charge in [0.2, 0.25) is 11.8 Å². The van der Waals surface area contributed by atoms with E-state index in [9.17, 15) is 23.5 Å². The number of rotatable bonds is 15. The number of aliphatic hydroxyl groups excluding tert-OH is 1. The summed E-state index contributed by atoms with van der Waals surface area (Å²) in [5.74, 6) is -2.63. The average molecular weight is 545 g/mol. The van der Waals surface area contributed by atoms with Crippen LogP contribution >= 0.6 is 0 Å². The van der Waals surface area contributed by atoms with Crippen LogP contribution in [0.3, 0.4) is 0 Å². The number of carbonyl (C=O) groups excluding carboxylic acids is 2. The quantitative estimate of drug-likeness (QED) is 0.317. The number of pyridine rings is 1. The highest BCUT2D eigenvalue weighted by atomic mass is 19.1. The molecule has 0 bridgehead atoms. The van der Waals surface area contributed by atoms with Gasteiger partial charge in [0, 0.05) is 49.8 Å². The van der Waals surface area contributed by atoms with Gasteiger partial charge < -0.3 is 20.6 Å². The van der Waals surface area contributed by atoms with E-state index in [-0.39, 0.29) is 30.7 Å². The zero-order valence-corrected chi connectivity index (χ0v) is 23.3. The van der Waals surface area contributed by atoms with Gasteiger partial charge in [0.15, 0.2) is 0 Å². The number of halogens is 2. The third-order valence-corrected chi connectivity index (χ3v) is 7.28. The van der Waals surface area contributed by atoms with E-state index in [0.717, 1.165) is 36.7 Å². The first kappa shape index (κ1) is 30.6. The van der Waals surface area contributed by atoms with Crippen molar-refractivity contribution in [1.82, 2.24) is 20.5 Å². The van der Waals surface area contributed by atoms with Crippen LogP contribution in [-0.2, 0) is 29.0 Å². The third-order valence-electron chi connectivity index (χ3n) is 7.28. The van der Waals surface area contributed by atoms with Crippen molar-refractivity contribution in [3.63, 3.8) is 0 Å². The second kappa shape index (κ2) is 15.0. The fraction of sp³-hybridized carbons (Fsp3) is 0.567. The Balaban J connectivity index is 1.68. The summed E-state index contributed by atoms with van der Waals surface area (Å²) in [6.45, 7) is 7.94. The first-order valence-electron chi connectivity index (χ1n) is 14.1. The van der Waals surface area contributed by atoms with Crippen molar-refractivity contribution in [2.75, 3.05) is 19.6 Å². The van der Waals surface area contributed by atoms with Gasteiger partial charge in [0.25, 0.3) is 0 Å². The fourth-order valence-corrected chi connectivity index (χ4v) is 5.09. The van der Waals surface area contributed by atoms with Crippen molar-refractivity contribution < 1.29 is 23.5 Å². The minimum absolute atomic E-state index is 0.00197. The van der Waals surface area contributed by atoms with Crippen LogP contribution in [0.2, 0.25) is 0 Å². The van der Waals surface area contributed by atoms with Crippen LogP contribution in [0.1, 0.15) is 63.4 Å². The smallest absolute Gasteiger partial charge is 0.226 e. The van der Waals surface area contributed by atoms with Gasteiger partial charge in [-0.05, 0) is 68.4 Å². The van der Waals surface area contributed by atoms with E-state index in [1.807, 2.05) is 43.9 Å². The molecule has 1 aliphatic rings. The maximum absolute atomic E-state index is 13.9. The predicted molar refractivity (Wildman–Crippen MR) is 147 cm³/mol. The minimum atomic E-state index is -1.04. The average Bonchev–Trinajstić information content (AvgIpc) is 2.87. The monoisotopic (exact) mass is 544 g/mol. The first-order chi connectivity index (χ1) is 18.7. The molecule has 1 aromatic carbocycles. The summed E-state index contributed by atoms with van der Waals surface area (Å²) >= 11 is 0. The molecule has 1 heterocycles. The molecule has 2 amide bonds. The van der Waals surface area contributed by atoms with Crippen LogP contribution in [0.15, 0.2) is 36.4 Å². The molecule has 2 unspecified atom stereocenters. The number of amides is 2. The highest BCUT2D eigenvalue weighted by Gasteiger charge is 2.43. The molecular formula is C30H42F2N4O3. The SMILES string of the molecule is CCCN(CCC)C(=O)C1CCC1C(=O)N[C@@H](Cc1cc(F)cc(F)c1)[C@H](O)CNCc1cccc(CC)n1. The maximum Gasteiger partial charge on any atom is 0.226 e. The molecule has 3 rings (SSSR count). The zero-order valence-electron chi connectivity index (χ0n) is 23.3. The van der Waals surface area contributed by atoms with Gasteiger partial charge >= 0.3 is 0 Å². The van der Waals surface area contributed by atoms with Crippen molar-refractivity contribution >= 4 is 11.8 Å². The third kappa shape index (κ3) is 8.80. The van der Waals surface area contributed by atoms with Crippen LogP contribution in [0, 0.1) is 23.5 Å². The van der Waals surface area contributed by atoms with Crippen LogP contribution in [-0.4, -0.2) is 58.6 Å². The molecule has 9 heteroatoms. The Morgan fingerprint density at radius 1 is 1.03 bits per heavy atom. The van der Waals surface area contributed by atoms with E-state index >= 15 is 0 Å². The Morgan fingerprint density at radius 3 is 2.26 bits per heavy atom. The molecule has 1 aliphatic carbocycles. The number of aryl methyl sites for hydroxylation is 1. The normalized spacial score (nSPS) is 18.2. The van der Waals surface area contributed by atoms with Crippen LogP contribution in [0.4, 0.5) is 8.78 Å². The number of carbonyl (C=O) groups is 2. The summed E-state index contributed by atoms with van der Waals surface area (Å²) in [7, 11) is 0. The molecule has 0 spiro atoms. The summed E-state index contributed by atoms with van der Waals surface area (Å²) in [4.78, 5) is 32.8. The van der Waals surface area contributed by atoms with E-state index in [1.54, 1.807) is 0 Å². The summed E-state index contributed by atoms with van der Waals surface area (Å²) < 4.78 is 27.8. The minimum Gasteiger partial charge on any atom is -0.390 e. The number of nitrogens with zero attached hydrogens (tertiary/aromatic N) is 2. The number of aromatic nitrogens is 1. The highest BCUT2D eigenvalue weighted by Crippen LogP contribution is 2.36. The van der Waals surface area contributed by atoms with Gasteiger partial charge in [0.05, 0.1) is 17.8 Å². The van der Waals surface area contributed by atoms with Gasteiger partial charge in [-0.25, -0.2) is 8.78 Å². The highest BCUT2D eigenvalue weighted by molar-refractivity contribution is 5.89. The zero-order chi connectivity index (χ0) is 28.4. The van der Waals surface area contributed by atoms with E-state index in [2.05, 4.69) is 15.6 Å². The first-order valence-corrected chi connectivity index (χ1v) is 14.1. The van der Waals surface area contributed by atoms with Crippen molar-refractivity contribution in [2.24, 2.45) is 11.8 Å². The number of nitrogens with one attached hydrogen (secondary N) is 2. The second-order valence-corrected chi connectivity index (χ2v) is 10.4. The number of hydrogen-bond acceptors (Lipinski definition) is 5. The Morgan fingerprint density at radius 2 is 1.67 bits per heavy atom. The van der Waals surface area contributed by atoms with E-state index in [1.165, 1.54) is 12.1 Å². The Hall–Kier alpha value is -2.91. The van der Waals surface area contributed by atoms with Crippen molar-refractivity contribution in [3.05, 3.63) is 65.0 Å². The largest absolute Gasteiger partial charge is 0.390 e. The molecule has 39 heavy (non-hydrogen) atoms. The lowest BCUT2D eigenvalue weighted by Crippen LogP contribution is -2.54. The lowest BCUT2D eigenvalue weighted by Gasteiger charge is -2.39. The van der Waals surface area contributed by atoms with Crippen LogP contribution in [0.5, 0.6) is 0 Å². The van der Waals surface area contributed by atoms with Crippen LogP contribution < -0.4 is 10.6 Å². The van der Waals surface area contributed by atoms with Gasteiger partial charge in [-0.2, -0.15) is 0 Å². The van der Waals surface area contributed by atoms with Crippen molar-refractivity contribution in [3.8, 4) is 0 Å². The number of hydrogen-bond donors (Lipinski definition) is 3. The summed E-state index contributed by atoms with van der Waals surface area (Å²) in [6.07, 6.45) is 2.74. The molecule has 0 radical (unpaired) electrons. The summed E-state index contributed by atoms with van der Waals surface area (Å²) in [6, 6.07) is 8.15. The van der Waals surface area contributed by atoms with Gasteiger partial charge in [0.1, 0.15) is 11.6 Å². The van der Waals surface area contributed by atoms with Crippen LogP contribution in [0.25, 0.3) is 0 Å². The molecule has 214 valence electrons. The Labute approximate surface area is 230 Å². The molecule has 7 nitrogen and oxygen atoms in total. The molecule has 3 N–H and O–H groups in total. The number of aliphatic hydroxyl groups is 1. The van der Waals surface area contributed by atoms with Gasteiger partial charge in [-0.3, -0.25) is 14.6 Å². The standard InChI is InChI=1S/C30H42F2N4O3/c1-4-12-36(13-5-2)30(39)26-11-10-25(26)29(38)35-27(16-20-14-21(31)17-22(32)15-20)28(37)19-33-18-24-9-7-8-23(6-3)34-24/h7-9,14-15,17,25-28,33,37H,4-6,10-13,16,18-19H2,1-3H3,(H,35,38)/t25?,26?,27-,28+/m0/s1. The molecule has 1 saturated carbocycles. The molecule has 1 fully saturated rings. The van der Waals surface area contributed by atoms with E-state index in [4.69, 9.17) is 0 Å². The summed E-state index contributed by atoms with van der Waals surface area (Å²) in [5.41, 5.74) is 2.12. The lowest BCUT2D eigenvalue weighted by molar-refractivity contribution is -0.148. The van der Waals surface area contributed by atoms with Gasteiger partial charge in [-0.1, -0.05) is 26.8 Å². The molecule has 0 saturated heterocycles. The molecular weight excluding hydrogens is 502 g/mol. The number of benzene rings is 1. The topological polar surface area (TPSA) is 94.6 Å². The molecule has 1 aromatic heterocycles. The van der Waals surface area contributed by atoms with Gasteiger partial charge in [-0.15, -0.1) is 0 Å². The Bertz CT molecular complexity index is 1070. The second-order valence-electron chi connectivity index (χ2n) is 10.4. The lowest BCUT2D eigenvalue weighted by atomic mass is 9.72. The molecule has 0 aliphatic heterocycles. The van der Waals surface area contributed by atoms with E-state index in [0.29, 0.717) is 38.0 Å². The predicted octanol–water partition coefficient (Wildman–Crippen LogP) is 3.78. The maximum atomic E-state index is 13.9. The van der Waals surface area contributed by atoms with E-state index < -0.39 is 29.7 Å². The molecule has 4 atom stereocenters. The van der Waals surface area contributed by atoms with Crippen molar-refractivity contribution in [1.29, 1.82) is 0 Å². The summed E-state index contributed by atoms with van der Waals surface area (Å²) in [5, 5.41) is 17.1. The fourth-order valence-electron chi connectivity index (χ4n) is 5.09. The Kier molecular flexibility index (Phi) is 11.8. The molecule has 2 aromatic rings. The van der Waals surface area contributed by atoms with Crippen molar-refractivity contribution in [2.45, 2.75) is 78.0 Å².